The van der Waals surface area contributed by atoms with Gasteiger partial charge in [0.2, 0.25) is 0 Å². The second kappa shape index (κ2) is 9.81. The molecule has 1 unspecified atom stereocenters. The molecule has 0 saturated carbocycles. The Kier molecular flexibility index (Phi) is 6.25. The van der Waals surface area contributed by atoms with E-state index in [2.05, 4.69) is 0 Å². The predicted octanol–water partition coefficient (Wildman–Crippen LogP) is 4.68. The summed E-state index contributed by atoms with van der Waals surface area (Å²) in [5.74, 6) is -1.35. The van der Waals surface area contributed by atoms with Gasteiger partial charge in [-0.15, -0.1) is 4.74 Å². The summed E-state index contributed by atoms with van der Waals surface area (Å²) in [7, 11) is 1.29. The SMILES string of the molecule is COC(=O)CCN1C(=O)N(c2cccc3ccccc23)C(n2oc(=O)n(-c3cccc4ccccc34)c2=O)C1(C)C. The smallest absolute Gasteiger partial charge is 0.447 e. The Balaban J connectivity index is 1.57. The highest BCUT2D eigenvalue weighted by Gasteiger charge is 2.55. The molecular formula is C31H28N4O6. The van der Waals surface area contributed by atoms with E-state index in [0.717, 1.165) is 25.5 Å². The number of methoxy groups -OCH3 is 1. The van der Waals surface area contributed by atoms with Crippen molar-refractivity contribution >= 4 is 39.2 Å². The Labute approximate surface area is 234 Å². The van der Waals surface area contributed by atoms with Crippen molar-refractivity contribution in [2.45, 2.75) is 32.0 Å². The van der Waals surface area contributed by atoms with Gasteiger partial charge in [0, 0.05) is 17.3 Å². The second-order valence-electron chi connectivity index (χ2n) is 10.5. The lowest BCUT2D eigenvalue weighted by atomic mass is 9.99. The van der Waals surface area contributed by atoms with Gasteiger partial charge in [0.15, 0.2) is 6.17 Å². The number of carbonyl (C=O) groups excluding carboxylic acids is 2. The second-order valence-corrected chi connectivity index (χ2v) is 10.5. The summed E-state index contributed by atoms with van der Waals surface area (Å²) in [6.45, 7) is 3.60. The highest BCUT2D eigenvalue weighted by Crippen LogP contribution is 2.44. The van der Waals surface area contributed by atoms with Gasteiger partial charge in [-0.1, -0.05) is 72.8 Å². The average molecular weight is 553 g/mol. The zero-order chi connectivity index (χ0) is 28.9. The van der Waals surface area contributed by atoms with Gasteiger partial charge in [0.25, 0.3) is 0 Å². The number of rotatable bonds is 6. The van der Waals surface area contributed by atoms with E-state index in [1.54, 1.807) is 32.0 Å². The molecule has 1 saturated heterocycles. The van der Waals surface area contributed by atoms with Gasteiger partial charge < -0.3 is 14.2 Å². The van der Waals surface area contributed by atoms with Crippen LogP contribution in [0, 0.1) is 0 Å². The molecule has 0 radical (unpaired) electrons. The topological polar surface area (TPSA) is 107 Å². The maximum atomic E-state index is 14.2. The number of benzene rings is 4. The Morgan fingerprint density at radius 3 is 2.02 bits per heavy atom. The van der Waals surface area contributed by atoms with Gasteiger partial charge in [-0.25, -0.2) is 14.4 Å². The molecule has 41 heavy (non-hydrogen) atoms. The highest BCUT2D eigenvalue weighted by atomic mass is 16.5. The molecule has 0 aliphatic carbocycles. The molecule has 0 N–H and O–H groups in total. The summed E-state index contributed by atoms with van der Waals surface area (Å²) < 4.78 is 12.4. The number of esters is 1. The molecule has 1 aliphatic rings. The van der Waals surface area contributed by atoms with E-state index in [1.807, 2.05) is 66.7 Å². The zero-order valence-electron chi connectivity index (χ0n) is 22.8. The van der Waals surface area contributed by atoms with Crippen LogP contribution in [0.3, 0.4) is 0 Å². The summed E-state index contributed by atoms with van der Waals surface area (Å²) in [6.07, 6.45) is -1.10. The molecule has 0 bridgehead atoms. The van der Waals surface area contributed by atoms with Crippen LogP contribution >= 0.6 is 0 Å². The molecule has 2 amide bonds. The summed E-state index contributed by atoms with van der Waals surface area (Å²) in [4.78, 5) is 56.6. The number of ether oxygens (including phenoxy) is 1. The van der Waals surface area contributed by atoms with Crippen LogP contribution in [0.15, 0.2) is 99.0 Å². The monoisotopic (exact) mass is 552 g/mol. The number of aromatic nitrogens is 2. The van der Waals surface area contributed by atoms with Crippen LogP contribution in [0.4, 0.5) is 10.5 Å². The van der Waals surface area contributed by atoms with Crippen LogP contribution in [-0.4, -0.2) is 45.4 Å². The summed E-state index contributed by atoms with van der Waals surface area (Å²) >= 11 is 0. The fraction of sp³-hybridized carbons (Fsp3) is 0.226. The van der Waals surface area contributed by atoms with E-state index in [0.29, 0.717) is 16.8 Å². The first-order chi connectivity index (χ1) is 19.7. The van der Waals surface area contributed by atoms with Crippen LogP contribution in [0.1, 0.15) is 26.4 Å². The summed E-state index contributed by atoms with van der Waals surface area (Å²) in [5.41, 5.74) is -0.897. The van der Waals surface area contributed by atoms with Crippen LogP contribution < -0.4 is 16.3 Å². The molecule has 10 nitrogen and oxygen atoms in total. The van der Waals surface area contributed by atoms with E-state index in [1.165, 1.54) is 16.9 Å². The average Bonchev–Trinajstić information content (AvgIpc) is 3.37. The van der Waals surface area contributed by atoms with Crippen molar-refractivity contribution in [1.82, 2.24) is 14.2 Å². The zero-order valence-corrected chi connectivity index (χ0v) is 22.8. The summed E-state index contributed by atoms with van der Waals surface area (Å²) in [6, 6.07) is 25.4. The quantitative estimate of drug-likeness (QED) is 0.283. The minimum atomic E-state index is -1.09. The lowest BCUT2D eigenvalue weighted by Crippen LogP contribution is -2.47. The molecule has 1 aliphatic heterocycles. The van der Waals surface area contributed by atoms with Crippen LogP contribution in [0.2, 0.25) is 0 Å². The van der Waals surface area contributed by atoms with Crippen molar-refractivity contribution in [3.8, 4) is 5.69 Å². The molecule has 2 heterocycles. The van der Waals surface area contributed by atoms with Crippen LogP contribution in [0.5, 0.6) is 0 Å². The Bertz CT molecular complexity index is 1920. The molecule has 1 atom stereocenters. The first-order valence-corrected chi connectivity index (χ1v) is 13.2. The van der Waals surface area contributed by atoms with Crippen molar-refractivity contribution in [3.05, 3.63) is 106 Å². The van der Waals surface area contributed by atoms with Gasteiger partial charge in [0.05, 0.1) is 30.4 Å². The van der Waals surface area contributed by atoms with Crippen molar-refractivity contribution < 1.29 is 18.8 Å². The maximum absolute atomic E-state index is 14.2. The lowest BCUT2D eigenvalue weighted by Gasteiger charge is -2.33. The molecule has 6 rings (SSSR count). The van der Waals surface area contributed by atoms with Crippen molar-refractivity contribution in [2.24, 2.45) is 0 Å². The number of hydrogen-bond donors (Lipinski definition) is 0. The predicted molar refractivity (Wildman–Crippen MR) is 154 cm³/mol. The third kappa shape index (κ3) is 4.10. The number of anilines is 1. The van der Waals surface area contributed by atoms with Crippen LogP contribution in [0.25, 0.3) is 27.2 Å². The fourth-order valence-corrected chi connectivity index (χ4v) is 5.77. The van der Waals surface area contributed by atoms with E-state index >= 15 is 0 Å². The molecule has 1 fully saturated rings. The van der Waals surface area contributed by atoms with Crippen molar-refractivity contribution in [1.29, 1.82) is 0 Å². The molecule has 0 spiro atoms. The van der Waals surface area contributed by atoms with Gasteiger partial charge >= 0.3 is 23.4 Å². The highest BCUT2D eigenvalue weighted by molar-refractivity contribution is 6.05. The lowest BCUT2D eigenvalue weighted by molar-refractivity contribution is -0.141. The molecule has 10 heteroatoms. The first kappa shape index (κ1) is 26.1. The maximum Gasteiger partial charge on any atom is 0.447 e. The van der Waals surface area contributed by atoms with E-state index in [9.17, 15) is 19.2 Å². The number of amides is 2. The Morgan fingerprint density at radius 2 is 1.39 bits per heavy atom. The third-order valence-corrected chi connectivity index (χ3v) is 7.77. The molecule has 1 aromatic heterocycles. The number of hydrogen-bond acceptors (Lipinski definition) is 6. The van der Waals surface area contributed by atoms with Crippen molar-refractivity contribution in [3.63, 3.8) is 0 Å². The van der Waals surface area contributed by atoms with E-state index in [4.69, 9.17) is 9.26 Å². The molecular weight excluding hydrogens is 524 g/mol. The number of fused-ring (bicyclic) bond motifs is 2. The fourth-order valence-electron chi connectivity index (χ4n) is 5.77. The molecule has 5 aromatic rings. The normalized spacial score (nSPS) is 16.6. The van der Waals surface area contributed by atoms with Gasteiger partial charge in [-0.2, -0.15) is 4.57 Å². The Hall–Kier alpha value is -5.12. The van der Waals surface area contributed by atoms with E-state index in [-0.39, 0.29) is 13.0 Å². The number of carbonyl (C=O) groups is 2. The van der Waals surface area contributed by atoms with E-state index < -0.39 is 35.2 Å². The molecule has 4 aromatic carbocycles. The van der Waals surface area contributed by atoms with Crippen molar-refractivity contribution in [2.75, 3.05) is 18.6 Å². The summed E-state index contributed by atoms with van der Waals surface area (Å²) in [5, 5.41) is 3.23. The van der Waals surface area contributed by atoms with Gasteiger partial charge in [-0.05, 0) is 36.8 Å². The standard InChI is InChI=1S/C31H28N4O6/c1-31(2)27(35-29(38)34(30(39)41-35)25-17-9-13-21-11-5-7-15-23(21)25)33(28(37)32(31)19-18-26(36)40-3)24-16-8-12-20-10-4-6-14-22(20)24/h4-17,27H,18-19H2,1-3H3. The Morgan fingerprint density at radius 1 is 0.829 bits per heavy atom. The van der Waals surface area contributed by atoms with Crippen LogP contribution in [-0.2, 0) is 9.53 Å². The number of nitrogens with zero attached hydrogens (tertiary/aromatic N) is 4. The number of urea groups is 1. The molecule has 208 valence electrons. The van der Waals surface area contributed by atoms with Gasteiger partial charge in [-0.3, -0.25) is 9.69 Å². The first-order valence-electron chi connectivity index (χ1n) is 13.2. The largest absolute Gasteiger partial charge is 0.469 e. The minimum absolute atomic E-state index is 0.0410. The third-order valence-electron chi connectivity index (χ3n) is 7.77. The minimum Gasteiger partial charge on any atom is -0.469 e. The van der Waals surface area contributed by atoms with Gasteiger partial charge in [0.1, 0.15) is 0 Å².